The maximum absolute atomic E-state index is 14.4. The van der Waals surface area contributed by atoms with Gasteiger partial charge in [0.25, 0.3) is 0 Å². The lowest BCUT2D eigenvalue weighted by molar-refractivity contribution is 0.311. The first kappa shape index (κ1) is 14.6. The first-order chi connectivity index (χ1) is 8.79. The van der Waals surface area contributed by atoms with Crippen molar-refractivity contribution in [2.24, 2.45) is 0 Å². The molecule has 0 atom stereocenters. The zero-order valence-electron chi connectivity index (χ0n) is 12.1. The van der Waals surface area contributed by atoms with Crippen LogP contribution in [0.2, 0.25) is 5.02 Å². The summed E-state index contributed by atoms with van der Waals surface area (Å²) in [4.78, 5) is 4.29. The fourth-order valence-corrected chi connectivity index (χ4v) is 2.66. The first-order valence-electron chi connectivity index (χ1n) is 6.72. The lowest BCUT2D eigenvalue weighted by Gasteiger charge is -2.35. The number of benzene rings is 1. The van der Waals surface area contributed by atoms with Crippen LogP contribution in [0.25, 0.3) is 0 Å². The number of hydrogen-bond acceptors (Lipinski definition) is 2. The van der Waals surface area contributed by atoms with Crippen LogP contribution in [0.5, 0.6) is 0 Å². The van der Waals surface area contributed by atoms with Crippen LogP contribution >= 0.6 is 11.6 Å². The number of hydrogen-bond donors (Lipinski definition) is 0. The van der Waals surface area contributed by atoms with Crippen molar-refractivity contribution >= 4 is 17.3 Å². The van der Waals surface area contributed by atoms with Gasteiger partial charge < -0.3 is 9.80 Å². The molecule has 0 saturated carbocycles. The summed E-state index contributed by atoms with van der Waals surface area (Å²) in [6.07, 6.45) is 0. The summed E-state index contributed by atoms with van der Waals surface area (Å²) in [5.41, 5.74) is 1.40. The average molecular weight is 285 g/mol. The molecular formula is C15H22ClFN2. The van der Waals surface area contributed by atoms with Gasteiger partial charge in [-0.15, -0.1) is 0 Å². The molecule has 0 amide bonds. The molecule has 1 fully saturated rings. The molecule has 1 aromatic rings. The molecule has 0 spiro atoms. The van der Waals surface area contributed by atoms with Gasteiger partial charge in [0.1, 0.15) is 5.82 Å². The highest BCUT2D eigenvalue weighted by molar-refractivity contribution is 6.33. The summed E-state index contributed by atoms with van der Waals surface area (Å²) in [5.74, 6) is -0.207. The fraction of sp³-hybridized carbons (Fsp3) is 0.600. The monoisotopic (exact) mass is 284 g/mol. The lowest BCUT2D eigenvalue weighted by Crippen LogP contribution is -2.45. The van der Waals surface area contributed by atoms with Crippen LogP contribution < -0.4 is 4.90 Å². The van der Waals surface area contributed by atoms with Crippen molar-refractivity contribution in [2.45, 2.75) is 26.2 Å². The Labute approximate surface area is 120 Å². The minimum absolute atomic E-state index is 0.0921. The van der Waals surface area contributed by atoms with E-state index in [9.17, 15) is 4.39 Å². The molecule has 0 aliphatic carbocycles. The summed E-state index contributed by atoms with van der Waals surface area (Å²) < 4.78 is 14.4. The van der Waals surface area contributed by atoms with Gasteiger partial charge in [0.2, 0.25) is 0 Å². The summed E-state index contributed by atoms with van der Waals surface area (Å²) in [6, 6.07) is 3.53. The molecule has 4 heteroatoms. The van der Waals surface area contributed by atoms with Crippen molar-refractivity contribution in [3.8, 4) is 0 Å². The van der Waals surface area contributed by atoms with E-state index in [1.165, 1.54) is 0 Å². The van der Waals surface area contributed by atoms with Crippen LogP contribution in [0.3, 0.4) is 0 Å². The third-order valence-corrected chi connectivity index (χ3v) is 3.99. The molecule has 0 N–H and O–H groups in total. The maximum atomic E-state index is 14.4. The van der Waals surface area contributed by atoms with E-state index in [1.807, 2.05) is 11.0 Å². The number of piperazine rings is 1. The number of nitrogens with zero attached hydrogens (tertiary/aromatic N) is 2. The first-order valence-corrected chi connectivity index (χ1v) is 7.10. The Morgan fingerprint density at radius 3 is 2.16 bits per heavy atom. The molecular weight excluding hydrogens is 263 g/mol. The standard InChI is InChI=1S/C15H22ClFN2/c1-15(2,3)11-9-12(16)14(13(17)10-11)19-7-5-18(4)6-8-19/h9-10H,5-8H2,1-4H3. The van der Waals surface area contributed by atoms with Crippen LogP contribution in [-0.4, -0.2) is 38.1 Å². The van der Waals surface area contributed by atoms with Crippen molar-refractivity contribution in [1.29, 1.82) is 0 Å². The van der Waals surface area contributed by atoms with Gasteiger partial charge in [0.05, 0.1) is 10.7 Å². The SMILES string of the molecule is CN1CCN(c2c(F)cc(C(C)(C)C)cc2Cl)CC1. The largest absolute Gasteiger partial charge is 0.365 e. The molecule has 1 saturated heterocycles. The van der Waals surface area contributed by atoms with Gasteiger partial charge in [-0.2, -0.15) is 0 Å². The zero-order chi connectivity index (χ0) is 14.2. The Balaban J connectivity index is 2.32. The zero-order valence-corrected chi connectivity index (χ0v) is 12.9. The van der Waals surface area contributed by atoms with Gasteiger partial charge in [0, 0.05) is 26.2 Å². The van der Waals surface area contributed by atoms with E-state index in [4.69, 9.17) is 11.6 Å². The van der Waals surface area contributed by atoms with Gasteiger partial charge in [-0.1, -0.05) is 32.4 Å². The Kier molecular flexibility index (Phi) is 4.07. The minimum Gasteiger partial charge on any atom is -0.365 e. The van der Waals surface area contributed by atoms with E-state index in [-0.39, 0.29) is 11.2 Å². The van der Waals surface area contributed by atoms with Crippen molar-refractivity contribution in [1.82, 2.24) is 4.90 Å². The normalized spacial score (nSPS) is 17.9. The van der Waals surface area contributed by atoms with E-state index in [1.54, 1.807) is 6.07 Å². The number of rotatable bonds is 1. The van der Waals surface area contributed by atoms with Crippen molar-refractivity contribution in [3.63, 3.8) is 0 Å². The molecule has 2 nitrogen and oxygen atoms in total. The van der Waals surface area contributed by atoms with Gasteiger partial charge in [-0.25, -0.2) is 4.39 Å². The molecule has 1 heterocycles. The highest BCUT2D eigenvalue weighted by atomic mass is 35.5. The quantitative estimate of drug-likeness (QED) is 0.778. The number of likely N-dealkylation sites (N-methyl/N-ethyl adjacent to an activating group) is 1. The second-order valence-corrected chi connectivity index (χ2v) is 6.74. The second kappa shape index (κ2) is 5.29. The summed E-state index contributed by atoms with van der Waals surface area (Å²) >= 11 is 6.32. The molecule has 1 aliphatic heterocycles. The van der Waals surface area contributed by atoms with Crippen molar-refractivity contribution < 1.29 is 4.39 Å². The predicted octanol–water partition coefficient (Wildman–Crippen LogP) is 3.53. The van der Waals surface area contributed by atoms with E-state index in [0.29, 0.717) is 10.7 Å². The average Bonchev–Trinajstić information content (AvgIpc) is 2.29. The van der Waals surface area contributed by atoms with Crippen LogP contribution in [0.4, 0.5) is 10.1 Å². The molecule has 1 aromatic carbocycles. The third-order valence-electron chi connectivity index (χ3n) is 3.70. The molecule has 0 bridgehead atoms. The molecule has 106 valence electrons. The molecule has 1 aliphatic rings. The molecule has 0 aromatic heterocycles. The topological polar surface area (TPSA) is 6.48 Å². The van der Waals surface area contributed by atoms with Gasteiger partial charge in [-0.3, -0.25) is 0 Å². The second-order valence-electron chi connectivity index (χ2n) is 6.33. The summed E-state index contributed by atoms with van der Waals surface area (Å²) in [6.45, 7) is 9.71. The van der Waals surface area contributed by atoms with Crippen LogP contribution in [0, 0.1) is 5.82 Å². The summed E-state index contributed by atoms with van der Waals surface area (Å²) in [7, 11) is 2.08. The number of halogens is 2. The highest BCUT2D eigenvalue weighted by Crippen LogP contribution is 2.35. The van der Waals surface area contributed by atoms with Crippen LogP contribution in [-0.2, 0) is 5.41 Å². The summed E-state index contributed by atoms with van der Waals surface area (Å²) in [5, 5.41) is 0.523. The number of anilines is 1. The predicted molar refractivity (Wildman–Crippen MR) is 79.8 cm³/mol. The van der Waals surface area contributed by atoms with Gasteiger partial charge in [0.15, 0.2) is 0 Å². The Bertz CT molecular complexity index is 437. The molecule has 2 rings (SSSR count). The Morgan fingerprint density at radius 2 is 1.68 bits per heavy atom. The van der Waals surface area contributed by atoms with E-state index >= 15 is 0 Å². The molecule has 0 unspecified atom stereocenters. The Morgan fingerprint density at radius 1 is 1.11 bits per heavy atom. The maximum Gasteiger partial charge on any atom is 0.148 e. The van der Waals surface area contributed by atoms with Crippen LogP contribution in [0.1, 0.15) is 26.3 Å². The molecule has 0 radical (unpaired) electrons. The van der Waals surface area contributed by atoms with E-state index in [2.05, 4.69) is 32.7 Å². The minimum atomic E-state index is -0.207. The van der Waals surface area contributed by atoms with Gasteiger partial charge >= 0.3 is 0 Å². The fourth-order valence-electron chi connectivity index (χ4n) is 2.33. The Hall–Kier alpha value is -0.800. The van der Waals surface area contributed by atoms with Crippen molar-refractivity contribution in [2.75, 3.05) is 38.1 Å². The smallest absolute Gasteiger partial charge is 0.148 e. The van der Waals surface area contributed by atoms with Gasteiger partial charge in [-0.05, 0) is 30.2 Å². The lowest BCUT2D eigenvalue weighted by atomic mass is 9.87. The van der Waals surface area contributed by atoms with Crippen LogP contribution in [0.15, 0.2) is 12.1 Å². The highest BCUT2D eigenvalue weighted by Gasteiger charge is 2.23. The van der Waals surface area contributed by atoms with E-state index in [0.717, 1.165) is 31.7 Å². The third kappa shape index (κ3) is 3.21. The molecule has 19 heavy (non-hydrogen) atoms. The van der Waals surface area contributed by atoms with Crippen molar-refractivity contribution in [3.05, 3.63) is 28.5 Å². The van der Waals surface area contributed by atoms with E-state index < -0.39 is 0 Å².